The van der Waals surface area contributed by atoms with E-state index >= 15 is 0 Å². The third kappa shape index (κ3) is 1.35. The summed E-state index contributed by atoms with van der Waals surface area (Å²) in [5, 5.41) is 4.07. The summed E-state index contributed by atoms with van der Waals surface area (Å²) in [6.07, 6.45) is 0.850. The van der Waals surface area contributed by atoms with Gasteiger partial charge in [0, 0.05) is 30.2 Å². The number of anilines is 1. The lowest BCUT2D eigenvalue weighted by Gasteiger charge is -2.38. The van der Waals surface area contributed by atoms with E-state index in [-0.39, 0.29) is 5.82 Å². The number of rotatable bonds is 0. The summed E-state index contributed by atoms with van der Waals surface area (Å²) in [6.45, 7) is 3.94. The van der Waals surface area contributed by atoms with Crippen molar-refractivity contribution < 1.29 is 4.39 Å². The van der Waals surface area contributed by atoms with Gasteiger partial charge >= 0.3 is 0 Å². The molecular formula is C12H14ClFN2. The van der Waals surface area contributed by atoms with E-state index in [2.05, 4.69) is 17.1 Å². The minimum absolute atomic E-state index is 0.143. The van der Waals surface area contributed by atoms with Crippen LogP contribution >= 0.6 is 11.6 Å². The van der Waals surface area contributed by atoms with Crippen LogP contribution in [0.3, 0.4) is 0 Å². The lowest BCUT2D eigenvalue weighted by molar-refractivity contribution is 0.426. The van der Waals surface area contributed by atoms with Gasteiger partial charge in [0.1, 0.15) is 5.82 Å². The minimum atomic E-state index is -0.143. The van der Waals surface area contributed by atoms with Crippen molar-refractivity contribution in [1.82, 2.24) is 5.32 Å². The van der Waals surface area contributed by atoms with Crippen molar-refractivity contribution in [2.24, 2.45) is 0 Å². The second kappa shape index (κ2) is 3.60. The number of fused-ring (bicyclic) bond motifs is 3. The molecule has 0 amide bonds. The van der Waals surface area contributed by atoms with Crippen LogP contribution in [0, 0.1) is 5.82 Å². The number of halogens is 2. The summed E-state index contributed by atoms with van der Waals surface area (Å²) >= 11 is 6.14. The van der Waals surface area contributed by atoms with Gasteiger partial charge in [-0.15, -0.1) is 0 Å². The minimum Gasteiger partial charge on any atom is -0.360 e. The highest BCUT2D eigenvalue weighted by Gasteiger charge is 2.37. The highest BCUT2D eigenvalue weighted by molar-refractivity contribution is 6.31. The fourth-order valence-corrected chi connectivity index (χ4v) is 3.11. The first-order valence-corrected chi connectivity index (χ1v) is 6.02. The van der Waals surface area contributed by atoms with Crippen LogP contribution in [0.15, 0.2) is 12.1 Å². The molecule has 1 aromatic carbocycles. The number of piperazine rings is 1. The highest BCUT2D eigenvalue weighted by Crippen LogP contribution is 2.40. The van der Waals surface area contributed by atoms with Crippen molar-refractivity contribution in [1.29, 1.82) is 0 Å². The van der Waals surface area contributed by atoms with Gasteiger partial charge in [-0.2, -0.15) is 0 Å². The van der Waals surface area contributed by atoms with E-state index in [1.54, 1.807) is 6.07 Å². The Morgan fingerprint density at radius 1 is 1.44 bits per heavy atom. The summed E-state index contributed by atoms with van der Waals surface area (Å²) in [7, 11) is 0. The van der Waals surface area contributed by atoms with Gasteiger partial charge in [-0.25, -0.2) is 4.39 Å². The molecule has 2 aliphatic heterocycles. The molecule has 1 saturated heterocycles. The van der Waals surface area contributed by atoms with E-state index in [1.807, 2.05) is 0 Å². The Kier molecular flexibility index (Phi) is 2.33. The number of nitrogens with one attached hydrogen (secondary N) is 1. The Hall–Kier alpha value is -0.800. The van der Waals surface area contributed by atoms with E-state index in [9.17, 15) is 4.39 Å². The van der Waals surface area contributed by atoms with Gasteiger partial charge in [0.15, 0.2) is 0 Å². The summed E-state index contributed by atoms with van der Waals surface area (Å²) in [5.74, 6) is -0.143. The lowest BCUT2D eigenvalue weighted by atomic mass is 10.1. The number of benzene rings is 1. The van der Waals surface area contributed by atoms with Crippen molar-refractivity contribution in [2.45, 2.75) is 25.4 Å². The van der Waals surface area contributed by atoms with Gasteiger partial charge in [-0.3, -0.25) is 0 Å². The van der Waals surface area contributed by atoms with Crippen LogP contribution in [0.1, 0.15) is 12.5 Å². The van der Waals surface area contributed by atoms with E-state index in [0.29, 0.717) is 17.1 Å². The fraction of sp³-hybridized carbons (Fsp3) is 0.500. The van der Waals surface area contributed by atoms with Crippen LogP contribution in [0.5, 0.6) is 0 Å². The molecule has 0 unspecified atom stereocenters. The Morgan fingerprint density at radius 3 is 3.06 bits per heavy atom. The molecule has 2 atom stereocenters. The standard InChI is InChI=1S/C12H14ClFN2/c1-7-5-15-6-8-4-9-10(13)2-3-11(14)12(9)16(7)8/h2-3,7-8,15H,4-6H2,1H3/t7-,8-/m1/s1. The Balaban J connectivity index is 2.13. The monoisotopic (exact) mass is 240 g/mol. The first-order chi connectivity index (χ1) is 7.68. The van der Waals surface area contributed by atoms with Crippen LogP contribution in [0.2, 0.25) is 5.02 Å². The van der Waals surface area contributed by atoms with Crippen molar-refractivity contribution in [3.05, 3.63) is 28.5 Å². The van der Waals surface area contributed by atoms with Gasteiger partial charge in [0.2, 0.25) is 0 Å². The Morgan fingerprint density at radius 2 is 2.25 bits per heavy atom. The normalized spacial score (nSPS) is 27.8. The maximum absolute atomic E-state index is 13.9. The summed E-state index contributed by atoms with van der Waals surface area (Å²) in [6, 6.07) is 3.81. The smallest absolute Gasteiger partial charge is 0.146 e. The Bertz CT molecular complexity index is 435. The molecule has 0 saturated carbocycles. The predicted molar refractivity (Wildman–Crippen MR) is 63.7 cm³/mol. The van der Waals surface area contributed by atoms with Gasteiger partial charge in [0.05, 0.1) is 5.69 Å². The number of hydrogen-bond donors (Lipinski definition) is 1. The van der Waals surface area contributed by atoms with Crippen LogP contribution in [0.25, 0.3) is 0 Å². The van der Waals surface area contributed by atoms with E-state index in [0.717, 1.165) is 30.8 Å². The molecular weight excluding hydrogens is 227 g/mol. The molecule has 1 fully saturated rings. The van der Waals surface area contributed by atoms with E-state index in [4.69, 9.17) is 11.6 Å². The quantitative estimate of drug-likeness (QED) is 0.748. The number of hydrogen-bond acceptors (Lipinski definition) is 2. The molecule has 16 heavy (non-hydrogen) atoms. The van der Waals surface area contributed by atoms with Gasteiger partial charge in [0.25, 0.3) is 0 Å². The fourth-order valence-electron chi connectivity index (χ4n) is 2.88. The van der Waals surface area contributed by atoms with Gasteiger partial charge in [-0.05, 0) is 31.0 Å². The SMILES string of the molecule is C[C@@H]1CNC[C@H]2Cc3c(Cl)ccc(F)c3N21. The van der Waals surface area contributed by atoms with Crippen molar-refractivity contribution >= 4 is 17.3 Å². The number of nitrogens with zero attached hydrogens (tertiary/aromatic N) is 1. The van der Waals surface area contributed by atoms with Crippen LogP contribution in [0.4, 0.5) is 10.1 Å². The summed E-state index contributed by atoms with van der Waals surface area (Å²) in [4.78, 5) is 2.19. The second-order valence-corrected chi connectivity index (χ2v) is 5.04. The zero-order chi connectivity index (χ0) is 11.3. The molecule has 2 aliphatic rings. The zero-order valence-electron chi connectivity index (χ0n) is 9.13. The topological polar surface area (TPSA) is 15.3 Å². The average Bonchev–Trinajstić information content (AvgIpc) is 2.65. The molecule has 2 nitrogen and oxygen atoms in total. The van der Waals surface area contributed by atoms with Gasteiger partial charge in [-0.1, -0.05) is 11.6 Å². The molecule has 1 aromatic rings. The van der Waals surface area contributed by atoms with Crippen LogP contribution < -0.4 is 10.2 Å². The molecule has 86 valence electrons. The lowest BCUT2D eigenvalue weighted by Crippen LogP contribution is -2.55. The third-order valence-electron chi connectivity index (χ3n) is 3.56. The first kappa shape index (κ1) is 10.4. The van der Waals surface area contributed by atoms with Crippen LogP contribution in [-0.4, -0.2) is 25.2 Å². The largest absolute Gasteiger partial charge is 0.360 e. The van der Waals surface area contributed by atoms with Crippen molar-refractivity contribution in [3.8, 4) is 0 Å². The van der Waals surface area contributed by atoms with Crippen molar-refractivity contribution in [3.63, 3.8) is 0 Å². The average molecular weight is 241 g/mol. The molecule has 0 bridgehead atoms. The Labute approximate surface area is 99.4 Å². The van der Waals surface area contributed by atoms with Crippen molar-refractivity contribution in [2.75, 3.05) is 18.0 Å². The molecule has 0 radical (unpaired) electrons. The second-order valence-electron chi connectivity index (χ2n) is 4.63. The predicted octanol–water partition coefficient (Wildman–Crippen LogP) is 2.20. The molecule has 3 rings (SSSR count). The molecule has 2 heterocycles. The molecule has 0 aromatic heterocycles. The molecule has 4 heteroatoms. The maximum atomic E-state index is 13.9. The van der Waals surface area contributed by atoms with E-state index < -0.39 is 0 Å². The molecule has 0 spiro atoms. The van der Waals surface area contributed by atoms with E-state index in [1.165, 1.54) is 6.07 Å². The molecule has 0 aliphatic carbocycles. The highest BCUT2D eigenvalue weighted by atomic mass is 35.5. The third-order valence-corrected chi connectivity index (χ3v) is 3.92. The first-order valence-electron chi connectivity index (χ1n) is 5.64. The summed E-state index contributed by atoms with van der Waals surface area (Å²) < 4.78 is 13.9. The van der Waals surface area contributed by atoms with Gasteiger partial charge < -0.3 is 10.2 Å². The molecule has 1 N–H and O–H groups in total. The zero-order valence-corrected chi connectivity index (χ0v) is 9.89. The maximum Gasteiger partial charge on any atom is 0.146 e. The van der Waals surface area contributed by atoms with Crippen LogP contribution in [-0.2, 0) is 6.42 Å². The summed E-state index contributed by atoms with van der Waals surface area (Å²) in [5.41, 5.74) is 1.70.